The van der Waals surface area contributed by atoms with Gasteiger partial charge in [-0.25, -0.2) is 4.98 Å². The van der Waals surface area contributed by atoms with Crippen molar-refractivity contribution in [1.82, 2.24) is 4.98 Å². The maximum absolute atomic E-state index is 11.0. The van der Waals surface area contributed by atoms with Gasteiger partial charge >= 0.3 is 0 Å². The molecule has 6 nitrogen and oxygen atoms in total. The van der Waals surface area contributed by atoms with Gasteiger partial charge in [-0.2, -0.15) is 0 Å². The summed E-state index contributed by atoms with van der Waals surface area (Å²) in [6.07, 6.45) is 3.04. The van der Waals surface area contributed by atoms with Crippen molar-refractivity contribution in [2.45, 2.75) is 25.8 Å². The number of nitro benzene ring substituents is 1. The number of non-ortho nitro benzene ring substituents is 1. The number of aliphatic hydroxyl groups excluding tert-OH is 1. The molecule has 1 atom stereocenters. The molecule has 106 valence electrons. The molecule has 1 aromatic carbocycles. The van der Waals surface area contributed by atoms with Gasteiger partial charge in [0.05, 0.1) is 4.92 Å². The molecule has 0 spiro atoms. The predicted molar refractivity (Wildman–Crippen MR) is 77.8 cm³/mol. The number of nitrogens with one attached hydrogen (secondary N) is 1. The molecule has 0 saturated carbocycles. The SMILES string of the molecule is CCC(CCO)Nc1ccc([N+](=O)[O-])c2ncccc12. The van der Waals surface area contributed by atoms with Crippen molar-refractivity contribution in [2.75, 3.05) is 11.9 Å². The zero-order valence-corrected chi connectivity index (χ0v) is 11.2. The van der Waals surface area contributed by atoms with Crippen molar-refractivity contribution in [3.05, 3.63) is 40.6 Å². The monoisotopic (exact) mass is 275 g/mol. The first-order valence-corrected chi connectivity index (χ1v) is 6.57. The van der Waals surface area contributed by atoms with Crippen LogP contribution in [0, 0.1) is 10.1 Å². The molecule has 1 aromatic heterocycles. The number of hydrogen-bond donors (Lipinski definition) is 2. The summed E-state index contributed by atoms with van der Waals surface area (Å²) < 4.78 is 0. The van der Waals surface area contributed by atoms with Gasteiger partial charge in [-0.15, -0.1) is 0 Å². The summed E-state index contributed by atoms with van der Waals surface area (Å²) in [6, 6.07) is 6.85. The summed E-state index contributed by atoms with van der Waals surface area (Å²) in [5, 5.41) is 24.1. The van der Waals surface area contributed by atoms with E-state index in [2.05, 4.69) is 10.3 Å². The quantitative estimate of drug-likeness (QED) is 0.625. The zero-order valence-electron chi connectivity index (χ0n) is 11.2. The zero-order chi connectivity index (χ0) is 14.5. The van der Waals surface area contributed by atoms with Gasteiger partial charge in [0, 0.05) is 36.0 Å². The van der Waals surface area contributed by atoms with Crippen molar-refractivity contribution >= 4 is 22.3 Å². The molecule has 6 heteroatoms. The number of aromatic nitrogens is 1. The van der Waals surface area contributed by atoms with Gasteiger partial charge in [0.25, 0.3) is 5.69 Å². The van der Waals surface area contributed by atoms with Crippen molar-refractivity contribution < 1.29 is 10.0 Å². The van der Waals surface area contributed by atoms with Crippen molar-refractivity contribution in [3.63, 3.8) is 0 Å². The number of rotatable bonds is 6. The van der Waals surface area contributed by atoms with Crippen LogP contribution in [0.25, 0.3) is 10.9 Å². The fraction of sp³-hybridized carbons (Fsp3) is 0.357. The number of fused-ring (bicyclic) bond motifs is 1. The van der Waals surface area contributed by atoms with Crippen molar-refractivity contribution in [2.24, 2.45) is 0 Å². The molecule has 0 aliphatic carbocycles. The average molecular weight is 275 g/mol. The molecule has 0 bridgehead atoms. The van der Waals surface area contributed by atoms with Gasteiger partial charge in [0.1, 0.15) is 5.52 Å². The summed E-state index contributed by atoms with van der Waals surface area (Å²) >= 11 is 0. The van der Waals surface area contributed by atoms with E-state index in [1.54, 1.807) is 18.3 Å². The second-order valence-electron chi connectivity index (χ2n) is 4.55. The highest BCUT2D eigenvalue weighted by Crippen LogP contribution is 2.30. The second kappa shape index (κ2) is 6.29. The molecule has 2 N–H and O–H groups in total. The van der Waals surface area contributed by atoms with E-state index in [-0.39, 0.29) is 18.3 Å². The molecular weight excluding hydrogens is 258 g/mol. The summed E-state index contributed by atoms with van der Waals surface area (Å²) in [4.78, 5) is 14.7. The second-order valence-corrected chi connectivity index (χ2v) is 4.55. The van der Waals surface area contributed by atoms with Gasteiger partial charge < -0.3 is 10.4 Å². The van der Waals surface area contributed by atoms with E-state index in [9.17, 15) is 10.1 Å². The van der Waals surface area contributed by atoms with E-state index in [0.29, 0.717) is 11.9 Å². The number of nitro groups is 1. The minimum absolute atomic E-state index is 0.00126. The van der Waals surface area contributed by atoms with Crippen molar-refractivity contribution in [3.8, 4) is 0 Å². The lowest BCUT2D eigenvalue weighted by Crippen LogP contribution is -2.20. The summed E-state index contributed by atoms with van der Waals surface area (Å²) in [5.74, 6) is 0. The molecule has 0 saturated heterocycles. The molecule has 0 aliphatic heterocycles. The highest BCUT2D eigenvalue weighted by Gasteiger charge is 2.16. The van der Waals surface area contributed by atoms with Gasteiger partial charge in [0.15, 0.2) is 0 Å². The standard InChI is InChI=1S/C14H17N3O3/c1-2-10(7-9-18)16-12-5-6-13(17(19)20)14-11(12)4-3-8-15-14/h3-6,8,10,16,18H,2,7,9H2,1H3. The molecule has 0 radical (unpaired) electrons. The molecule has 1 heterocycles. The third-order valence-electron chi connectivity index (χ3n) is 3.28. The largest absolute Gasteiger partial charge is 0.396 e. The molecular formula is C14H17N3O3. The van der Waals surface area contributed by atoms with Crippen LogP contribution in [0.15, 0.2) is 30.5 Å². The first kappa shape index (κ1) is 14.2. The van der Waals surface area contributed by atoms with Crippen LogP contribution in [-0.4, -0.2) is 27.7 Å². The lowest BCUT2D eigenvalue weighted by atomic mass is 10.1. The van der Waals surface area contributed by atoms with E-state index in [1.807, 2.05) is 13.0 Å². The van der Waals surface area contributed by atoms with Gasteiger partial charge in [-0.05, 0) is 31.0 Å². The normalized spacial score (nSPS) is 12.3. The van der Waals surface area contributed by atoms with Gasteiger partial charge in [-0.1, -0.05) is 6.92 Å². The van der Waals surface area contributed by atoms with Crippen LogP contribution in [0.3, 0.4) is 0 Å². The Bertz CT molecular complexity index is 616. The number of aliphatic hydroxyl groups is 1. The van der Waals surface area contributed by atoms with Crippen LogP contribution in [0.4, 0.5) is 11.4 Å². The van der Waals surface area contributed by atoms with Crippen LogP contribution in [0.5, 0.6) is 0 Å². The lowest BCUT2D eigenvalue weighted by molar-refractivity contribution is -0.383. The Morgan fingerprint density at radius 3 is 2.90 bits per heavy atom. The summed E-state index contributed by atoms with van der Waals surface area (Å²) in [5.41, 5.74) is 1.18. The maximum Gasteiger partial charge on any atom is 0.295 e. The highest BCUT2D eigenvalue weighted by molar-refractivity contribution is 5.96. The number of pyridine rings is 1. The number of hydrogen-bond acceptors (Lipinski definition) is 5. The van der Waals surface area contributed by atoms with Crippen LogP contribution in [-0.2, 0) is 0 Å². The van der Waals surface area contributed by atoms with E-state index in [0.717, 1.165) is 17.5 Å². The average Bonchev–Trinajstić information content (AvgIpc) is 2.46. The van der Waals surface area contributed by atoms with E-state index in [4.69, 9.17) is 5.11 Å². The van der Waals surface area contributed by atoms with Crippen molar-refractivity contribution in [1.29, 1.82) is 0 Å². The molecule has 2 rings (SSSR count). The fourth-order valence-electron chi connectivity index (χ4n) is 2.19. The Hall–Kier alpha value is -2.21. The summed E-state index contributed by atoms with van der Waals surface area (Å²) in [7, 11) is 0. The Morgan fingerprint density at radius 2 is 2.25 bits per heavy atom. The molecule has 0 amide bonds. The van der Waals surface area contributed by atoms with Gasteiger partial charge in [-0.3, -0.25) is 10.1 Å². The Morgan fingerprint density at radius 1 is 1.45 bits per heavy atom. The first-order chi connectivity index (χ1) is 9.67. The third kappa shape index (κ3) is 2.85. The molecule has 0 fully saturated rings. The Kier molecular flexibility index (Phi) is 4.47. The fourth-order valence-corrected chi connectivity index (χ4v) is 2.19. The van der Waals surface area contributed by atoms with Crippen LogP contribution >= 0.6 is 0 Å². The number of benzene rings is 1. The van der Waals surface area contributed by atoms with Gasteiger partial charge in [0.2, 0.25) is 0 Å². The first-order valence-electron chi connectivity index (χ1n) is 6.57. The Balaban J connectivity index is 2.45. The van der Waals surface area contributed by atoms with Crippen LogP contribution in [0.2, 0.25) is 0 Å². The van der Waals surface area contributed by atoms with Crippen LogP contribution in [0.1, 0.15) is 19.8 Å². The molecule has 1 unspecified atom stereocenters. The van der Waals surface area contributed by atoms with E-state index >= 15 is 0 Å². The Labute approximate surface area is 116 Å². The molecule has 2 aromatic rings. The van der Waals surface area contributed by atoms with Crippen LogP contribution < -0.4 is 5.32 Å². The van der Waals surface area contributed by atoms with E-state index < -0.39 is 4.92 Å². The summed E-state index contributed by atoms with van der Waals surface area (Å²) in [6.45, 7) is 2.13. The smallest absolute Gasteiger partial charge is 0.295 e. The topological polar surface area (TPSA) is 88.3 Å². The lowest BCUT2D eigenvalue weighted by Gasteiger charge is -2.18. The minimum Gasteiger partial charge on any atom is -0.396 e. The molecule has 0 aliphatic rings. The third-order valence-corrected chi connectivity index (χ3v) is 3.28. The number of nitrogens with zero attached hydrogens (tertiary/aromatic N) is 2. The molecule has 20 heavy (non-hydrogen) atoms. The minimum atomic E-state index is -0.426. The maximum atomic E-state index is 11.0. The van der Waals surface area contributed by atoms with E-state index in [1.165, 1.54) is 6.07 Å². The number of anilines is 1. The highest BCUT2D eigenvalue weighted by atomic mass is 16.6. The predicted octanol–water partition coefficient (Wildman–Crippen LogP) is 2.72.